The van der Waals surface area contributed by atoms with Crippen molar-refractivity contribution in [3.63, 3.8) is 0 Å². The summed E-state index contributed by atoms with van der Waals surface area (Å²) in [5.41, 5.74) is 0. The summed E-state index contributed by atoms with van der Waals surface area (Å²) >= 11 is 0. The van der Waals surface area contributed by atoms with Gasteiger partial charge in [0.1, 0.15) is 0 Å². The van der Waals surface area contributed by atoms with Crippen LogP contribution in [0.25, 0.3) is 0 Å². The number of hydrogen-bond acceptors (Lipinski definition) is 2. The van der Waals surface area contributed by atoms with Gasteiger partial charge < -0.3 is 10.2 Å². The zero-order valence-electron chi connectivity index (χ0n) is 9.34. The van der Waals surface area contributed by atoms with Crippen LogP contribution in [0, 0.1) is 5.92 Å². The Morgan fingerprint density at radius 3 is 2.46 bits per heavy atom. The van der Waals surface area contributed by atoms with E-state index in [2.05, 4.69) is 31.2 Å². The molecular weight excluding hydrogens is 160 g/mol. The lowest BCUT2D eigenvalue weighted by molar-refractivity contribution is 0.192. The highest BCUT2D eigenvalue weighted by atomic mass is 15.1. The summed E-state index contributed by atoms with van der Waals surface area (Å²) in [4.78, 5) is 2.30. The van der Waals surface area contributed by atoms with Crippen molar-refractivity contribution in [1.82, 2.24) is 10.2 Å². The highest BCUT2D eigenvalue weighted by molar-refractivity contribution is 4.84. The summed E-state index contributed by atoms with van der Waals surface area (Å²) in [5.74, 6) is 0.953. The fourth-order valence-corrected chi connectivity index (χ4v) is 1.95. The first-order valence-electron chi connectivity index (χ1n) is 5.62. The Kier molecular flexibility index (Phi) is 4.74. The quantitative estimate of drug-likeness (QED) is 0.676. The van der Waals surface area contributed by atoms with Gasteiger partial charge in [-0.3, -0.25) is 0 Å². The van der Waals surface area contributed by atoms with Crippen LogP contribution in [0.3, 0.4) is 0 Å². The third-order valence-electron chi connectivity index (χ3n) is 2.94. The Bertz CT molecular complexity index is 130. The molecule has 0 heterocycles. The zero-order valence-corrected chi connectivity index (χ0v) is 9.34. The van der Waals surface area contributed by atoms with Crippen molar-refractivity contribution < 1.29 is 0 Å². The van der Waals surface area contributed by atoms with Crippen molar-refractivity contribution in [1.29, 1.82) is 0 Å². The zero-order chi connectivity index (χ0) is 9.68. The van der Waals surface area contributed by atoms with Crippen molar-refractivity contribution >= 4 is 0 Å². The average molecular weight is 184 g/mol. The van der Waals surface area contributed by atoms with Gasteiger partial charge in [-0.2, -0.15) is 0 Å². The molecular formula is C11H24N2. The third kappa shape index (κ3) is 3.65. The summed E-state index contributed by atoms with van der Waals surface area (Å²) in [5, 5.41) is 3.66. The molecule has 1 N–H and O–H groups in total. The number of nitrogens with one attached hydrogen (secondary N) is 1. The molecule has 1 rings (SSSR count). The maximum Gasteiger partial charge on any atom is 0.0222 e. The van der Waals surface area contributed by atoms with E-state index in [9.17, 15) is 0 Å². The largest absolute Gasteiger partial charge is 0.312 e. The lowest BCUT2D eigenvalue weighted by Crippen LogP contribution is -2.46. The molecule has 1 atom stereocenters. The monoisotopic (exact) mass is 184 g/mol. The minimum Gasteiger partial charge on any atom is -0.312 e. The Labute approximate surface area is 82.7 Å². The van der Waals surface area contributed by atoms with E-state index in [-0.39, 0.29) is 0 Å². The molecule has 78 valence electrons. The van der Waals surface area contributed by atoms with Gasteiger partial charge in [0.25, 0.3) is 0 Å². The van der Waals surface area contributed by atoms with Gasteiger partial charge >= 0.3 is 0 Å². The standard InChI is InChI=1S/C11H24N2/c1-4-8-12-11(9-13(2)3)10-6-5-7-10/h10-12H,4-9H2,1-3H3. The highest BCUT2D eigenvalue weighted by Gasteiger charge is 2.26. The van der Waals surface area contributed by atoms with Gasteiger partial charge in [0.15, 0.2) is 0 Å². The third-order valence-corrected chi connectivity index (χ3v) is 2.94. The summed E-state index contributed by atoms with van der Waals surface area (Å²) < 4.78 is 0. The summed E-state index contributed by atoms with van der Waals surface area (Å²) in [6, 6.07) is 0.740. The fourth-order valence-electron chi connectivity index (χ4n) is 1.95. The predicted molar refractivity (Wildman–Crippen MR) is 58.0 cm³/mol. The Morgan fingerprint density at radius 1 is 1.38 bits per heavy atom. The Hall–Kier alpha value is -0.0800. The first-order chi connectivity index (χ1) is 6.24. The molecule has 0 spiro atoms. The van der Waals surface area contributed by atoms with Crippen LogP contribution in [-0.4, -0.2) is 38.1 Å². The van der Waals surface area contributed by atoms with Crippen LogP contribution >= 0.6 is 0 Å². The van der Waals surface area contributed by atoms with Gasteiger partial charge in [-0.15, -0.1) is 0 Å². The first kappa shape index (κ1) is 11.0. The Balaban J connectivity index is 2.24. The van der Waals surface area contributed by atoms with Gasteiger partial charge in [0, 0.05) is 12.6 Å². The lowest BCUT2D eigenvalue weighted by atomic mass is 9.79. The maximum atomic E-state index is 3.66. The van der Waals surface area contributed by atoms with Crippen LogP contribution < -0.4 is 5.32 Å². The first-order valence-corrected chi connectivity index (χ1v) is 5.62. The molecule has 1 fully saturated rings. The van der Waals surface area contributed by atoms with Crippen LogP contribution in [0.5, 0.6) is 0 Å². The summed E-state index contributed by atoms with van der Waals surface area (Å²) in [7, 11) is 4.33. The van der Waals surface area contributed by atoms with E-state index >= 15 is 0 Å². The normalized spacial score (nSPS) is 20.3. The highest BCUT2D eigenvalue weighted by Crippen LogP contribution is 2.29. The molecule has 1 saturated carbocycles. The Morgan fingerprint density at radius 2 is 2.08 bits per heavy atom. The van der Waals surface area contributed by atoms with Crippen molar-refractivity contribution in [3.05, 3.63) is 0 Å². The molecule has 0 saturated heterocycles. The molecule has 0 aromatic heterocycles. The molecule has 0 bridgehead atoms. The second-order valence-electron chi connectivity index (χ2n) is 4.51. The van der Waals surface area contributed by atoms with Crippen molar-refractivity contribution in [2.75, 3.05) is 27.2 Å². The van der Waals surface area contributed by atoms with Crippen molar-refractivity contribution in [2.24, 2.45) is 5.92 Å². The molecule has 0 aromatic carbocycles. The van der Waals surface area contributed by atoms with Crippen molar-refractivity contribution in [2.45, 2.75) is 38.6 Å². The topological polar surface area (TPSA) is 15.3 Å². The number of rotatable bonds is 6. The van der Waals surface area contributed by atoms with E-state index in [4.69, 9.17) is 0 Å². The van der Waals surface area contributed by atoms with E-state index in [1.54, 1.807) is 0 Å². The fraction of sp³-hybridized carbons (Fsp3) is 1.00. The molecule has 1 aliphatic rings. The summed E-state index contributed by atoms with van der Waals surface area (Å²) in [6.45, 7) is 4.61. The molecule has 0 radical (unpaired) electrons. The van der Waals surface area contributed by atoms with E-state index in [0.29, 0.717) is 0 Å². The van der Waals surface area contributed by atoms with Crippen molar-refractivity contribution in [3.8, 4) is 0 Å². The van der Waals surface area contributed by atoms with Crippen LogP contribution in [0.1, 0.15) is 32.6 Å². The minimum absolute atomic E-state index is 0.740. The molecule has 1 aliphatic carbocycles. The lowest BCUT2D eigenvalue weighted by Gasteiger charge is -2.36. The summed E-state index contributed by atoms with van der Waals surface area (Å²) in [6.07, 6.45) is 5.57. The van der Waals surface area contributed by atoms with Crippen LogP contribution in [0.4, 0.5) is 0 Å². The number of nitrogens with zero attached hydrogens (tertiary/aromatic N) is 1. The smallest absolute Gasteiger partial charge is 0.0222 e. The molecule has 0 aromatic rings. The van der Waals surface area contributed by atoms with E-state index in [1.165, 1.54) is 38.8 Å². The van der Waals surface area contributed by atoms with Gasteiger partial charge in [-0.05, 0) is 45.8 Å². The van der Waals surface area contributed by atoms with E-state index in [0.717, 1.165) is 12.0 Å². The number of hydrogen-bond donors (Lipinski definition) is 1. The second kappa shape index (κ2) is 5.61. The van der Waals surface area contributed by atoms with Crippen LogP contribution in [0.2, 0.25) is 0 Å². The van der Waals surface area contributed by atoms with Crippen LogP contribution in [-0.2, 0) is 0 Å². The molecule has 13 heavy (non-hydrogen) atoms. The average Bonchev–Trinajstić information content (AvgIpc) is 1.95. The van der Waals surface area contributed by atoms with E-state index in [1.807, 2.05) is 0 Å². The molecule has 2 nitrogen and oxygen atoms in total. The molecule has 1 unspecified atom stereocenters. The second-order valence-corrected chi connectivity index (χ2v) is 4.51. The van der Waals surface area contributed by atoms with Gasteiger partial charge in [-0.25, -0.2) is 0 Å². The SMILES string of the molecule is CCCNC(CN(C)C)C1CCC1. The maximum absolute atomic E-state index is 3.66. The van der Waals surface area contributed by atoms with Gasteiger partial charge in [0.2, 0.25) is 0 Å². The molecule has 2 heteroatoms. The molecule has 0 amide bonds. The number of likely N-dealkylation sites (N-methyl/N-ethyl adjacent to an activating group) is 1. The van der Waals surface area contributed by atoms with E-state index < -0.39 is 0 Å². The molecule has 0 aliphatic heterocycles. The van der Waals surface area contributed by atoms with Gasteiger partial charge in [0.05, 0.1) is 0 Å². The van der Waals surface area contributed by atoms with Gasteiger partial charge in [-0.1, -0.05) is 13.3 Å². The van der Waals surface area contributed by atoms with Crippen LogP contribution in [0.15, 0.2) is 0 Å². The predicted octanol–water partition coefficient (Wildman–Crippen LogP) is 1.72. The minimum atomic E-state index is 0.740.